The van der Waals surface area contributed by atoms with Crippen molar-refractivity contribution in [2.75, 3.05) is 31.5 Å². The van der Waals surface area contributed by atoms with Gasteiger partial charge in [0.15, 0.2) is 0 Å². The summed E-state index contributed by atoms with van der Waals surface area (Å²) in [5, 5.41) is 6.61. The molecule has 1 aromatic rings. The lowest BCUT2D eigenvalue weighted by atomic mass is 9.93. The Hall–Kier alpha value is -1.10. The number of rotatable bonds is 4. The summed E-state index contributed by atoms with van der Waals surface area (Å²) in [5.41, 5.74) is 2.17. The van der Waals surface area contributed by atoms with E-state index in [1.54, 1.807) is 0 Å². The van der Waals surface area contributed by atoms with Crippen molar-refractivity contribution in [3.63, 3.8) is 0 Å². The molecule has 3 rings (SSSR count). The van der Waals surface area contributed by atoms with E-state index < -0.39 is 0 Å². The van der Waals surface area contributed by atoms with E-state index >= 15 is 0 Å². The average molecular weight is 338 g/mol. The van der Waals surface area contributed by atoms with Crippen molar-refractivity contribution in [1.82, 2.24) is 10.2 Å². The monoisotopic (exact) mass is 337 g/mol. The number of hydrogen-bond acceptors (Lipinski definition) is 3. The van der Waals surface area contributed by atoms with E-state index in [1.807, 2.05) is 12.1 Å². The van der Waals surface area contributed by atoms with Gasteiger partial charge in [0.25, 0.3) is 0 Å². The summed E-state index contributed by atoms with van der Waals surface area (Å²) in [5.74, 6) is 1.31. The molecule has 0 radical (unpaired) electrons. The molecule has 4 nitrogen and oxygen atoms in total. The molecule has 0 spiro atoms. The molecule has 0 bridgehead atoms. The third-order valence-corrected chi connectivity index (χ3v) is 4.94. The van der Waals surface area contributed by atoms with Crippen LogP contribution in [-0.4, -0.2) is 43.0 Å². The molecule has 1 aromatic carbocycles. The zero-order valence-corrected chi connectivity index (χ0v) is 14.9. The van der Waals surface area contributed by atoms with Gasteiger partial charge >= 0.3 is 0 Å². The second kappa shape index (κ2) is 8.13. The summed E-state index contributed by atoms with van der Waals surface area (Å²) in [7, 11) is 0. The predicted molar refractivity (Wildman–Crippen MR) is 97.4 cm³/mol. The summed E-state index contributed by atoms with van der Waals surface area (Å²) in [6.45, 7) is 8.05. The second-order valence-corrected chi connectivity index (χ2v) is 6.96. The van der Waals surface area contributed by atoms with Crippen LogP contribution in [0, 0.1) is 5.92 Å². The second-order valence-electron chi connectivity index (χ2n) is 6.96. The number of nitrogens with one attached hydrogen (secondary N) is 2. The van der Waals surface area contributed by atoms with E-state index in [4.69, 9.17) is 0 Å². The van der Waals surface area contributed by atoms with Crippen LogP contribution in [0.1, 0.15) is 38.2 Å². The molecular weight excluding hydrogens is 310 g/mol. The zero-order chi connectivity index (χ0) is 15.5. The van der Waals surface area contributed by atoms with Crippen molar-refractivity contribution < 1.29 is 4.79 Å². The van der Waals surface area contributed by atoms with Gasteiger partial charge in [-0.1, -0.05) is 26.0 Å². The molecule has 2 unspecified atom stereocenters. The molecule has 0 aliphatic carbocycles. The summed E-state index contributed by atoms with van der Waals surface area (Å²) in [4.78, 5) is 14.6. The highest BCUT2D eigenvalue weighted by Crippen LogP contribution is 2.24. The molecule has 2 fully saturated rings. The van der Waals surface area contributed by atoms with Crippen molar-refractivity contribution in [1.29, 1.82) is 0 Å². The maximum absolute atomic E-state index is 12.3. The van der Waals surface area contributed by atoms with Crippen LogP contribution in [0.25, 0.3) is 0 Å². The molecule has 2 heterocycles. The van der Waals surface area contributed by atoms with E-state index in [9.17, 15) is 4.79 Å². The number of carbonyl (C=O) groups excluding carboxylic acids is 1. The van der Waals surface area contributed by atoms with E-state index in [-0.39, 0.29) is 18.3 Å². The third kappa shape index (κ3) is 4.69. The number of benzene rings is 1. The average Bonchev–Trinajstić information content (AvgIpc) is 2.95. The highest BCUT2D eigenvalue weighted by atomic mass is 35.5. The molecular formula is C18H28ClN3O. The van der Waals surface area contributed by atoms with E-state index in [0.29, 0.717) is 18.5 Å². The highest BCUT2D eigenvalue weighted by molar-refractivity contribution is 5.92. The van der Waals surface area contributed by atoms with Crippen LogP contribution in [0.2, 0.25) is 0 Å². The molecule has 2 aliphatic rings. The number of amides is 1. The number of piperidine rings is 1. The first-order chi connectivity index (χ1) is 10.6. The van der Waals surface area contributed by atoms with E-state index in [2.05, 4.69) is 41.5 Å². The highest BCUT2D eigenvalue weighted by Gasteiger charge is 2.32. The number of anilines is 1. The van der Waals surface area contributed by atoms with Gasteiger partial charge in [-0.2, -0.15) is 0 Å². The Labute approximate surface area is 145 Å². The fourth-order valence-electron chi connectivity index (χ4n) is 3.65. The summed E-state index contributed by atoms with van der Waals surface area (Å²) >= 11 is 0. The molecule has 1 amide bonds. The standard InChI is InChI=1S/C18H27N3O.ClH/c1-13(2)14-4-3-5-16(10-14)20-18(22)12-21-9-7-17-15(11-21)6-8-19-17;/h3-5,10,13,15,17,19H,6-9,11-12H2,1-2H3,(H,20,22);1H. The van der Waals surface area contributed by atoms with Gasteiger partial charge in [0.05, 0.1) is 6.54 Å². The Balaban J connectivity index is 0.00000192. The van der Waals surface area contributed by atoms with Gasteiger partial charge in [0.2, 0.25) is 5.91 Å². The third-order valence-electron chi connectivity index (χ3n) is 4.94. The first kappa shape index (κ1) is 18.2. The summed E-state index contributed by atoms with van der Waals surface area (Å²) in [6, 6.07) is 8.85. The number of likely N-dealkylation sites (tertiary alicyclic amines) is 1. The van der Waals surface area contributed by atoms with Crippen LogP contribution in [0.5, 0.6) is 0 Å². The largest absolute Gasteiger partial charge is 0.325 e. The predicted octanol–water partition coefficient (Wildman–Crippen LogP) is 2.85. The fraction of sp³-hybridized carbons (Fsp3) is 0.611. The maximum atomic E-state index is 12.3. The van der Waals surface area contributed by atoms with Crippen LogP contribution >= 0.6 is 12.4 Å². The summed E-state index contributed by atoms with van der Waals surface area (Å²) in [6.07, 6.45) is 2.42. The molecule has 0 saturated carbocycles. The van der Waals surface area contributed by atoms with E-state index in [1.165, 1.54) is 18.4 Å². The maximum Gasteiger partial charge on any atom is 0.238 e. The van der Waals surface area contributed by atoms with Crippen LogP contribution < -0.4 is 10.6 Å². The molecule has 2 aliphatic heterocycles. The lowest BCUT2D eigenvalue weighted by molar-refractivity contribution is -0.117. The molecule has 23 heavy (non-hydrogen) atoms. The van der Waals surface area contributed by atoms with Gasteiger partial charge in [-0.3, -0.25) is 9.69 Å². The minimum Gasteiger partial charge on any atom is -0.325 e. The molecule has 128 valence electrons. The molecule has 2 atom stereocenters. The van der Waals surface area contributed by atoms with Crippen molar-refractivity contribution in [3.05, 3.63) is 29.8 Å². The lowest BCUT2D eigenvalue weighted by Gasteiger charge is -2.34. The van der Waals surface area contributed by atoms with Gasteiger partial charge in [0.1, 0.15) is 0 Å². The number of hydrogen-bond donors (Lipinski definition) is 2. The van der Waals surface area contributed by atoms with Gasteiger partial charge in [-0.15, -0.1) is 12.4 Å². The van der Waals surface area contributed by atoms with Gasteiger partial charge in [0, 0.05) is 24.8 Å². The Bertz CT molecular complexity index is 535. The SMILES string of the molecule is CC(C)c1cccc(NC(=O)CN2CCC3NCCC3C2)c1.Cl. The van der Waals surface area contributed by atoms with Crippen LogP contribution in [0.4, 0.5) is 5.69 Å². The Morgan fingerprint density at radius 3 is 3.00 bits per heavy atom. The topological polar surface area (TPSA) is 44.4 Å². The minimum absolute atomic E-state index is 0. The normalized spacial score (nSPS) is 24.1. The first-order valence-corrected chi connectivity index (χ1v) is 8.47. The molecule has 5 heteroatoms. The Morgan fingerprint density at radius 1 is 1.39 bits per heavy atom. The van der Waals surface area contributed by atoms with Crippen molar-refractivity contribution in [2.24, 2.45) is 5.92 Å². The molecule has 0 aromatic heterocycles. The smallest absolute Gasteiger partial charge is 0.238 e. The number of halogens is 1. The number of fused-ring (bicyclic) bond motifs is 1. The summed E-state index contributed by atoms with van der Waals surface area (Å²) < 4.78 is 0. The van der Waals surface area contributed by atoms with Crippen molar-refractivity contribution in [2.45, 2.75) is 38.6 Å². The lowest BCUT2D eigenvalue weighted by Crippen LogP contribution is -2.46. The van der Waals surface area contributed by atoms with Crippen molar-refractivity contribution in [3.8, 4) is 0 Å². The fourth-order valence-corrected chi connectivity index (χ4v) is 3.65. The van der Waals surface area contributed by atoms with Crippen LogP contribution in [0.3, 0.4) is 0 Å². The first-order valence-electron chi connectivity index (χ1n) is 8.47. The Morgan fingerprint density at radius 2 is 2.22 bits per heavy atom. The number of carbonyl (C=O) groups is 1. The van der Waals surface area contributed by atoms with Gasteiger partial charge in [-0.25, -0.2) is 0 Å². The number of nitrogens with zero attached hydrogens (tertiary/aromatic N) is 1. The molecule has 2 saturated heterocycles. The van der Waals surface area contributed by atoms with Crippen LogP contribution in [-0.2, 0) is 4.79 Å². The van der Waals surface area contributed by atoms with E-state index in [0.717, 1.165) is 31.2 Å². The van der Waals surface area contributed by atoms with Gasteiger partial charge < -0.3 is 10.6 Å². The quantitative estimate of drug-likeness (QED) is 0.888. The minimum atomic E-state index is 0. The zero-order valence-electron chi connectivity index (χ0n) is 14.0. The van der Waals surface area contributed by atoms with Gasteiger partial charge in [-0.05, 0) is 48.9 Å². The Kier molecular flexibility index (Phi) is 6.45. The molecule has 2 N–H and O–H groups in total. The van der Waals surface area contributed by atoms with Crippen molar-refractivity contribution >= 4 is 24.0 Å². The van der Waals surface area contributed by atoms with Crippen LogP contribution in [0.15, 0.2) is 24.3 Å².